The summed E-state index contributed by atoms with van der Waals surface area (Å²) in [4.78, 5) is 13.1. The second kappa shape index (κ2) is 6.39. The number of nitrogens with zero attached hydrogens (tertiary/aromatic N) is 4. The van der Waals surface area contributed by atoms with Crippen LogP contribution in [0.5, 0.6) is 5.88 Å². The van der Waals surface area contributed by atoms with Crippen molar-refractivity contribution in [2.24, 2.45) is 0 Å². The molecule has 0 aromatic carbocycles. The number of imidazole rings is 1. The summed E-state index contributed by atoms with van der Waals surface area (Å²) in [6, 6.07) is 0.302. The highest BCUT2D eigenvalue weighted by molar-refractivity contribution is 6.20. The maximum absolute atomic E-state index is 6.28. The van der Waals surface area contributed by atoms with Gasteiger partial charge in [0.25, 0.3) is 0 Å². The molecule has 2 heterocycles. The Labute approximate surface area is 124 Å². The average molecular weight is 297 g/mol. The zero-order chi connectivity index (χ0) is 14.7. The van der Waals surface area contributed by atoms with Crippen molar-refractivity contribution in [3.8, 4) is 5.88 Å². The van der Waals surface area contributed by atoms with Crippen LogP contribution in [0, 0.1) is 0 Å². The summed E-state index contributed by atoms with van der Waals surface area (Å²) in [5.74, 6) is 1.32. The Morgan fingerprint density at radius 2 is 2.10 bits per heavy atom. The number of halogens is 1. The van der Waals surface area contributed by atoms with E-state index in [1.807, 2.05) is 6.92 Å². The second-order valence-electron chi connectivity index (χ2n) is 5.00. The van der Waals surface area contributed by atoms with Crippen LogP contribution in [0.1, 0.15) is 57.3 Å². The van der Waals surface area contributed by atoms with Crippen LogP contribution in [-0.4, -0.2) is 26.6 Å². The lowest BCUT2D eigenvalue weighted by Gasteiger charge is -2.17. The van der Waals surface area contributed by atoms with E-state index in [1.54, 1.807) is 7.11 Å². The molecule has 0 amide bonds. The normalized spacial score (nSPS) is 14.4. The molecular weight excluding hydrogens is 276 g/mol. The molecule has 0 spiro atoms. The molecule has 2 unspecified atom stereocenters. The molecule has 0 bridgehead atoms. The van der Waals surface area contributed by atoms with Crippen molar-refractivity contribution in [3.05, 3.63) is 12.2 Å². The fraction of sp³-hybridized carbons (Fsp3) is 0.643. The van der Waals surface area contributed by atoms with Gasteiger partial charge in [-0.2, -0.15) is 4.98 Å². The number of unbranched alkanes of at least 4 members (excludes halogenated alkanes) is 1. The van der Waals surface area contributed by atoms with Gasteiger partial charge < -0.3 is 9.30 Å². The zero-order valence-corrected chi connectivity index (χ0v) is 13.2. The van der Waals surface area contributed by atoms with Crippen LogP contribution in [0.15, 0.2) is 6.33 Å². The number of fused-ring (bicyclic) bond motifs is 1. The van der Waals surface area contributed by atoms with Gasteiger partial charge in [-0.3, -0.25) is 0 Å². The molecule has 0 aliphatic heterocycles. The van der Waals surface area contributed by atoms with Gasteiger partial charge in [0.1, 0.15) is 12.2 Å². The van der Waals surface area contributed by atoms with E-state index in [4.69, 9.17) is 16.3 Å². The monoisotopic (exact) mass is 296 g/mol. The maximum Gasteiger partial charge on any atom is 0.245 e. The molecule has 0 aliphatic carbocycles. The van der Waals surface area contributed by atoms with Crippen molar-refractivity contribution in [2.75, 3.05) is 7.11 Å². The summed E-state index contributed by atoms with van der Waals surface area (Å²) in [5.41, 5.74) is 1.48. The summed E-state index contributed by atoms with van der Waals surface area (Å²) >= 11 is 6.28. The summed E-state index contributed by atoms with van der Waals surface area (Å²) in [7, 11) is 1.59. The van der Waals surface area contributed by atoms with E-state index in [-0.39, 0.29) is 5.38 Å². The molecule has 0 aliphatic rings. The van der Waals surface area contributed by atoms with Crippen LogP contribution in [0.4, 0.5) is 0 Å². The van der Waals surface area contributed by atoms with Gasteiger partial charge in [-0.25, -0.2) is 9.97 Å². The number of hydrogen-bond donors (Lipinski definition) is 0. The minimum atomic E-state index is -0.182. The third-order valence-electron chi connectivity index (χ3n) is 3.44. The highest BCUT2D eigenvalue weighted by Crippen LogP contribution is 2.31. The predicted molar refractivity (Wildman–Crippen MR) is 80.4 cm³/mol. The number of methoxy groups -OCH3 is 1. The van der Waals surface area contributed by atoms with Gasteiger partial charge in [0, 0.05) is 6.04 Å². The van der Waals surface area contributed by atoms with E-state index in [9.17, 15) is 0 Å². The molecule has 110 valence electrons. The molecule has 2 atom stereocenters. The minimum absolute atomic E-state index is 0.182. The minimum Gasteiger partial charge on any atom is -0.479 e. The van der Waals surface area contributed by atoms with Crippen molar-refractivity contribution in [1.82, 2.24) is 19.5 Å². The Morgan fingerprint density at radius 1 is 1.35 bits per heavy atom. The third-order valence-corrected chi connectivity index (χ3v) is 3.63. The fourth-order valence-corrected chi connectivity index (χ4v) is 2.55. The van der Waals surface area contributed by atoms with Gasteiger partial charge in [0.2, 0.25) is 5.88 Å². The second-order valence-corrected chi connectivity index (χ2v) is 5.66. The largest absolute Gasteiger partial charge is 0.479 e. The topological polar surface area (TPSA) is 52.8 Å². The Morgan fingerprint density at radius 3 is 2.70 bits per heavy atom. The van der Waals surface area contributed by atoms with E-state index in [1.165, 1.54) is 19.2 Å². The van der Waals surface area contributed by atoms with E-state index >= 15 is 0 Å². The Balaban J connectivity index is 2.57. The van der Waals surface area contributed by atoms with Crippen molar-refractivity contribution in [3.63, 3.8) is 0 Å². The van der Waals surface area contributed by atoms with E-state index in [0.717, 1.165) is 17.9 Å². The van der Waals surface area contributed by atoms with Crippen molar-refractivity contribution >= 4 is 22.8 Å². The molecule has 5 nitrogen and oxygen atoms in total. The number of aromatic nitrogens is 4. The number of alkyl halides is 1. The van der Waals surface area contributed by atoms with E-state index < -0.39 is 0 Å². The molecule has 2 aromatic rings. The lowest BCUT2D eigenvalue weighted by Crippen LogP contribution is -2.10. The summed E-state index contributed by atoms with van der Waals surface area (Å²) in [5, 5.41) is -0.182. The molecule has 0 radical (unpaired) electrons. The summed E-state index contributed by atoms with van der Waals surface area (Å²) in [6.07, 6.45) is 4.92. The first kappa shape index (κ1) is 15.0. The molecule has 0 saturated heterocycles. The molecular formula is C14H21ClN4O. The van der Waals surface area contributed by atoms with Crippen molar-refractivity contribution in [1.29, 1.82) is 0 Å². The Hall–Kier alpha value is -1.36. The smallest absolute Gasteiger partial charge is 0.245 e. The molecule has 0 saturated carbocycles. The van der Waals surface area contributed by atoms with Gasteiger partial charge >= 0.3 is 0 Å². The molecule has 20 heavy (non-hydrogen) atoms. The van der Waals surface area contributed by atoms with Crippen LogP contribution in [0.2, 0.25) is 0 Å². The van der Waals surface area contributed by atoms with Gasteiger partial charge in [-0.1, -0.05) is 19.8 Å². The maximum atomic E-state index is 6.28. The van der Waals surface area contributed by atoms with Gasteiger partial charge in [-0.15, -0.1) is 11.6 Å². The first-order chi connectivity index (χ1) is 9.60. The predicted octanol–water partition coefficient (Wildman–Crippen LogP) is 3.89. The fourth-order valence-electron chi connectivity index (χ4n) is 2.40. The number of hydrogen-bond acceptors (Lipinski definition) is 4. The van der Waals surface area contributed by atoms with E-state index in [0.29, 0.717) is 17.4 Å². The first-order valence-electron chi connectivity index (χ1n) is 7.01. The summed E-state index contributed by atoms with van der Waals surface area (Å²) in [6.45, 7) is 6.29. The lowest BCUT2D eigenvalue weighted by atomic mass is 10.1. The van der Waals surface area contributed by atoms with Crippen molar-refractivity contribution < 1.29 is 4.74 Å². The highest BCUT2D eigenvalue weighted by Gasteiger charge is 2.22. The third kappa shape index (κ3) is 2.73. The standard InChI is InChI=1S/C14H21ClN4O/c1-5-6-7-9(2)19-12(10(3)15)18-11-13(19)16-8-17-14(11)20-4/h8-10H,5-7H2,1-4H3. The average Bonchev–Trinajstić information content (AvgIpc) is 2.84. The molecule has 0 N–H and O–H groups in total. The van der Waals surface area contributed by atoms with Crippen LogP contribution in [0.3, 0.4) is 0 Å². The van der Waals surface area contributed by atoms with E-state index in [2.05, 4.69) is 33.4 Å². The van der Waals surface area contributed by atoms with Gasteiger partial charge in [0.15, 0.2) is 11.2 Å². The first-order valence-corrected chi connectivity index (χ1v) is 7.44. The molecule has 6 heteroatoms. The van der Waals surface area contributed by atoms with Crippen molar-refractivity contribution in [2.45, 2.75) is 51.5 Å². The molecule has 2 rings (SSSR count). The number of rotatable bonds is 6. The quantitative estimate of drug-likeness (QED) is 0.759. The van der Waals surface area contributed by atoms with Crippen LogP contribution >= 0.6 is 11.6 Å². The van der Waals surface area contributed by atoms with Gasteiger partial charge in [0.05, 0.1) is 12.5 Å². The van der Waals surface area contributed by atoms with Crippen LogP contribution in [-0.2, 0) is 0 Å². The summed E-state index contributed by atoms with van der Waals surface area (Å²) < 4.78 is 7.38. The highest BCUT2D eigenvalue weighted by atomic mass is 35.5. The van der Waals surface area contributed by atoms with Crippen LogP contribution < -0.4 is 4.74 Å². The lowest BCUT2D eigenvalue weighted by molar-refractivity contribution is 0.401. The molecule has 0 fully saturated rings. The van der Waals surface area contributed by atoms with Gasteiger partial charge in [-0.05, 0) is 20.3 Å². The molecule has 2 aromatic heterocycles. The Kier molecular flexibility index (Phi) is 4.81. The zero-order valence-electron chi connectivity index (χ0n) is 12.4. The SMILES string of the molecule is CCCCC(C)n1c(C(C)Cl)nc2c(OC)ncnc21. The van der Waals surface area contributed by atoms with Crippen LogP contribution in [0.25, 0.3) is 11.2 Å². The Bertz CT molecular complexity index is 582. The number of ether oxygens (including phenoxy) is 1.